The number of nitrogens with zero attached hydrogens (tertiary/aromatic N) is 3. The number of benzene rings is 2. The summed E-state index contributed by atoms with van der Waals surface area (Å²) in [6.45, 7) is 1.37. The van der Waals surface area contributed by atoms with Crippen LogP contribution in [0.4, 0.5) is 4.79 Å². The van der Waals surface area contributed by atoms with Gasteiger partial charge in [0.15, 0.2) is 0 Å². The highest BCUT2D eigenvalue weighted by atomic mass is 35.5. The molecule has 1 amide bonds. The topological polar surface area (TPSA) is 55.3 Å². The zero-order valence-electron chi connectivity index (χ0n) is 16.1. The van der Waals surface area contributed by atoms with Crippen molar-refractivity contribution in [1.82, 2.24) is 14.9 Å². The fraction of sp³-hybridized carbons (Fsp3) is 0.261. The van der Waals surface area contributed by atoms with E-state index >= 15 is 0 Å². The summed E-state index contributed by atoms with van der Waals surface area (Å²) in [5, 5.41) is 0.487. The molecule has 4 rings (SSSR count). The van der Waals surface area contributed by atoms with E-state index in [-0.39, 0.29) is 12.7 Å². The van der Waals surface area contributed by atoms with Crippen molar-refractivity contribution >= 4 is 17.7 Å². The Balaban J connectivity index is 1.42. The molecule has 1 aliphatic rings. The zero-order valence-corrected chi connectivity index (χ0v) is 16.8. The lowest BCUT2D eigenvalue weighted by molar-refractivity contribution is 0.0977. The molecule has 0 spiro atoms. The number of amides is 1. The highest BCUT2D eigenvalue weighted by molar-refractivity contribution is 6.30. The minimum Gasteiger partial charge on any atom is -0.445 e. The maximum absolute atomic E-state index is 12.5. The molecule has 0 radical (unpaired) electrons. The van der Waals surface area contributed by atoms with Crippen molar-refractivity contribution in [2.24, 2.45) is 0 Å². The second-order valence-corrected chi connectivity index (χ2v) is 7.40. The molecule has 0 fully saturated rings. The van der Waals surface area contributed by atoms with Gasteiger partial charge in [-0.1, -0.05) is 72.3 Å². The largest absolute Gasteiger partial charge is 0.445 e. The van der Waals surface area contributed by atoms with E-state index in [1.165, 1.54) is 0 Å². The van der Waals surface area contributed by atoms with E-state index in [1.807, 2.05) is 60.7 Å². The standard InChI is InChI=1S/C23H22ClN3O2/c24-22-19-11-13-27(23(28)29-16-18-9-5-2-6-10-18)14-12-20(19)25-21(26-22)15-17-7-3-1-4-8-17/h1-10H,11-16H2. The zero-order chi connectivity index (χ0) is 20.1. The molecule has 0 saturated heterocycles. The fourth-order valence-electron chi connectivity index (χ4n) is 3.45. The van der Waals surface area contributed by atoms with Gasteiger partial charge in [0, 0.05) is 31.5 Å². The van der Waals surface area contributed by atoms with Crippen LogP contribution >= 0.6 is 11.6 Å². The number of ether oxygens (including phenoxy) is 1. The van der Waals surface area contributed by atoms with Gasteiger partial charge in [0.1, 0.15) is 17.6 Å². The first-order valence-corrected chi connectivity index (χ1v) is 10.1. The smallest absolute Gasteiger partial charge is 0.410 e. The lowest BCUT2D eigenvalue weighted by atomic mass is 10.1. The quantitative estimate of drug-likeness (QED) is 0.599. The van der Waals surface area contributed by atoms with Gasteiger partial charge in [-0.2, -0.15) is 0 Å². The van der Waals surface area contributed by atoms with Crippen LogP contribution in [0.15, 0.2) is 60.7 Å². The number of halogens is 1. The molecule has 148 valence electrons. The molecule has 1 aliphatic heterocycles. The molecule has 0 N–H and O–H groups in total. The summed E-state index contributed by atoms with van der Waals surface area (Å²) in [5.41, 5.74) is 3.97. The van der Waals surface area contributed by atoms with E-state index in [2.05, 4.69) is 4.98 Å². The average molecular weight is 408 g/mol. The number of aromatic nitrogens is 2. The Morgan fingerprint density at radius 1 is 0.931 bits per heavy atom. The molecular weight excluding hydrogens is 386 g/mol. The molecule has 0 atom stereocenters. The van der Waals surface area contributed by atoms with Gasteiger partial charge in [0.05, 0.1) is 5.69 Å². The summed E-state index contributed by atoms with van der Waals surface area (Å²) < 4.78 is 5.47. The molecular formula is C23H22ClN3O2. The Bertz CT molecular complexity index is 980. The first kappa shape index (κ1) is 19.4. The van der Waals surface area contributed by atoms with Crippen molar-refractivity contribution in [3.8, 4) is 0 Å². The normalized spacial score (nSPS) is 13.5. The third-order valence-electron chi connectivity index (χ3n) is 5.01. The van der Waals surface area contributed by atoms with Gasteiger partial charge in [0.25, 0.3) is 0 Å². The third kappa shape index (κ3) is 4.93. The average Bonchev–Trinajstić information content (AvgIpc) is 2.97. The maximum atomic E-state index is 12.5. The lowest BCUT2D eigenvalue weighted by Gasteiger charge is -2.19. The van der Waals surface area contributed by atoms with E-state index < -0.39 is 0 Å². The van der Waals surface area contributed by atoms with E-state index in [1.54, 1.807) is 4.90 Å². The molecule has 5 nitrogen and oxygen atoms in total. The minimum atomic E-state index is -0.310. The molecule has 0 aliphatic carbocycles. The van der Waals surface area contributed by atoms with Gasteiger partial charge < -0.3 is 9.64 Å². The van der Waals surface area contributed by atoms with Crippen LogP contribution in [0.5, 0.6) is 0 Å². The number of carbonyl (C=O) groups is 1. The highest BCUT2D eigenvalue weighted by Crippen LogP contribution is 2.23. The Labute approximate surface area is 175 Å². The second kappa shape index (κ2) is 9.05. The van der Waals surface area contributed by atoms with E-state index in [0.29, 0.717) is 43.3 Å². The van der Waals surface area contributed by atoms with Crippen molar-refractivity contribution in [2.75, 3.05) is 13.1 Å². The monoisotopic (exact) mass is 407 g/mol. The summed E-state index contributed by atoms with van der Waals surface area (Å²) in [7, 11) is 0. The van der Waals surface area contributed by atoms with Crippen LogP contribution in [-0.2, 0) is 30.6 Å². The maximum Gasteiger partial charge on any atom is 0.410 e. The van der Waals surface area contributed by atoms with E-state index in [4.69, 9.17) is 21.3 Å². The number of hydrogen-bond acceptors (Lipinski definition) is 4. The van der Waals surface area contributed by atoms with Crippen LogP contribution in [0, 0.1) is 0 Å². The minimum absolute atomic E-state index is 0.269. The van der Waals surface area contributed by atoms with Crippen LogP contribution < -0.4 is 0 Å². The number of fused-ring (bicyclic) bond motifs is 1. The van der Waals surface area contributed by atoms with Crippen LogP contribution in [0.2, 0.25) is 5.15 Å². The molecule has 0 unspecified atom stereocenters. The van der Waals surface area contributed by atoms with Crippen molar-refractivity contribution in [1.29, 1.82) is 0 Å². The van der Waals surface area contributed by atoms with E-state index in [0.717, 1.165) is 22.4 Å². The van der Waals surface area contributed by atoms with Crippen LogP contribution in [-0.4, -0.2) is 34.1 Å². The Morgan fingerprint density at radius 2 is 1.59 bits per heavy atom. The summed E-state index contributed by atoms with van der Waals surface area (Å²) in [6, 6.07) is 19.8. The molecule has 2 aromatic carbocycles. The van der Waals surface area contributed by atoms with Crippen molar-refractivity contribution < 1.29 is 9.53 Å². The number of carbonyl (C=O) groups excluding carboxylic acids is 1. The molecule has 6 heteroatoms. The fourth-order valence-corrected chi connectivity index (χ4v) is 3.75. The molecule has 1 aromatic heterocycles. The first-order valence-electron chi connectivity index (χ1n) is 9.73. The third-order valence-corrected chi connectivity index (χ3v) is 5.32. The van der Waals surface area contributed by atoms with Gasteiger partial charge >= 0.3 is 6.09 Å². The predicted octanol–water partition coefficient (Wildman–Crippen LogP) is 4.46. The van der Waals surface area contributed by atoms with Gasteiger partial charge in [-0.3, -0.25) is 0 Å². The lowest BCUT2D eigenvalue weighted by Crippen LogP contribution is -2.33. The Kier molecular flexibility index (Phi) is 6.06. The molecule has 2 heterocycles. The summed E-state index contributed by atoms with van der Waals surface area (Å²) >= 11 is 6.47. The molecule has 3 aromatic rings. The highest BCUT2D eigenvalue weighted by Gasteiger charge is 2.23. The molecule has 29 heavy (non-hydrogen) atoms. The molecule has 0 saturated carbocycles. The van der Waals surface area contributed by atoms with Crippen molar-refractivity contribution in [2.45, 2.75) is 25.9 Å². The van der Waals surface area contributed by atoms with Crippen molar-refractivity contribution in [3.63, 3.8) is 0 Å². The van der Waals surface area contributed by atoms with E-state index in [9.17, 15) is 4.79 Å². The SMILES string of the molecule is O=C(OCc1ccccc1)N1CCc2nc(Cc3ccccc3)nc(Cl)c2CC1. The van der Waals surface area contributed by atoms with Gasteiger partial charge in [0.2, 0.25) is 0 Å². The van der Waals surface area contributed by atoms with Crippen LogP contribution in [0.25, 0.3) is 0 Å². The summed E-state index contributed by atoms with van der Waals surface area (Å²) in [4.78, 5) is 23.5. The van der Waals surface area contributed by atoms with Gasteiger partial charge in [-0.15, -0.1) is 0 Å². The summed E-state index contributed by atoms with van der Waals surface area (Å²) in [6.07, 6.45) is 1.59. The Hall–Kier alpha value is -2.92. The molecule has 0 bridgehead atoms. The van der Waals surface area contributed by atoms with Crippen molar-refractivity contribution in [3.05, 3.63) is 94.0 Å². The van der Waals surface area contributed by atoms with Crippen LogP contribution in [0.3, 0.4) is 0 Å². The second-order valence-electron chi connectivity index (χ2n) is 7.05. The predicted molar refractivity (Wildman–Crippen MR) is 112 cm³/mol. The van der Waals surface area contributed by atoms with Crippen LogP contribution in [0.1, 0.15) is 28.2 Å². The number of rotatable bonds is 4. The number of hydrogen-bond donors (Lipinski definition) is 0. The van der Waals surface area contributed by atoms with Gasteiger partial charge in [-0.25, -0.2) is 14.8 Å². The van der Waals surface area contributed by atoms with Gasteiger partial charge in [-0.05, 0) is 17.5 Å². The summed E-state index contributed by atoms with van der Waals surface area (Å²) in [5.74, 6) is 0.708. The Morgan fingerprint density at radius 3 is 2.31 bits per heavy atom. The first-order chi connectivity index (χ1) is 14.2.